The van der Waals surface area contributed by atoms with Crippen LogP contribution in [0.15, 0.2) is 29.2 Å². The Morgan fingerprint density at radius 2 is 2.11 bits per heavy atom. The third kappa shape index (κ3) is 4.81. The van der Waals surface area contributed by atoms with Gasteiger partial charge in [0, 0.05) is 23.2 Å². The number of nitrogens with zero attached hydrogens (tertiary/aromatic N) is 3. The fourth-order valence-electron chi connectivity index (χ4n) is 2.82. The molecule has 3 rings (SSSR count). The van der Waals surface area contributed by atoms with Crippen LogP contribution in [-0.4, -0.2) is 29.7 Å². The van der Waals surface area contributed by atoms with Crippen molar-refractivity contribution in [2.75, 3.05) is 23.4 Å². The van der Waals surface area contributed by atoms with Gasteiger partial charge < -0.3 is 5.32 Å². The molecular formula is C18H21ClIN4OPS. The van der Waals surface area contributed by atoms with Gasteiger partial charge in [-0.05, 0) is 77.7 Å². The summed E-state index contributed by atoms with van der Waals surface area (Å²) >= 11 is 10.3. The summed E-state index contributed by atoms with van der Waals surface area (Å²) in [5.41, 5.74) is 4.30. The lowest BCUT2D eigenvalue weighted by Gasteiger charge is -2.29. The number of carbonyl (C=O) groups is 1. The maximum absolute atomic E-state index is 11.2. The van der Waals surface area contributed by atoms with E-state index < -0.39 is 0 Å². The summed E-state index contributed by atoms with van der Waals surface area (Å²) in [6.45, 7) is 1.99. The summed E-state index contributed by atoms with van der Waals surface area (Å²) in [6.07, 6.45) is 5.76. The second kappa shape index (κ2) is 9.16. The van der Waals surface area contributed by atoms with Gasteiger partial charge in [0.2, 0.25) is 6.41 Å². The van der Waals surface area contributed by atoms with Gasteiger partial charge in [-0.3, -0.25) is 9.80 Å². The second-order valence-corrected chi connectivity index (χ2v) is 9.65. The molecular weight excluding hydrogens is 514 g/mol. The molecule has 144 valence electrons. The van der Waals surface area contributed by atoms with Crippen molar-refractivity contribution in [3.05, 3.63) is 40.5 Å². The van der Waals surface area contributed by atoms with Crippen molar-refractivity contribution in [2.45, 2.75) is 30.6 Å². The minimum absolute atomic E-state index is 0.315. The van der Waals surface area contributed by atoms with Gasteiger partial charge in [0.05, 0.1) is 12.1 Å². The van der Waals surface area contributed by atoms with Gasteiger partial charge >= 0.3 is 0 Å². The molecule has 0 radical (unpaired) electrons. The second-order valence-electron chi connectivity index (χ2n) is 6.38. The van der Waals surface area contributed by atoms with Crippen molar-refractivity contribution < 1.29 is 4.79 Å². The zero-order chi connectivity index (χ0) is 19.6. The Morgan fingerprint density at radius 1 is 1.37 bits per heavy atom. The van der Waals surface area contributed by atoms with E-state index in [9.17, 15) is 4.79 Å². The van der Waals surface area contributed by atoms with E-state index in [0.29, 0.717) is 17.3 Å². The number of hydrazine groups is 1. The molecule has 1 aromatic heterocycles. The lowest BCUT2D eigenvalue weighted by molar-refractivity contribution is -0.116. The van der Waals surface area contributed by atoms with Crippen LogP contribution >= 0.6 is 51.8 Å². The molecule has 1 atom stereocenters. The molecule has 9 heteroatoms. The molecule has 1 aromatic carbocycles. The molecule has 1 aliphatic carbocycles. The number of benzene rings is 1. The molecule has 27 heavy (non-hydrogen) atoms. The maximum Gasteiger partial charge on any atom is 0.228 e. The molecule has 1 N–H and O–H groups in total. The fourth-order valence-corrected chi connectivity index (χ4v) is 5.78. The number of thioether (sulfide) groups is 1. The molecule has 1 saturated carbocycles. The van der Waals surface area contributed by atoms with E-state index in [1.54, 1.807) is 18.8 Å². The van der Waals surface area contributed by atoms with Gasteiger partial charge in [0.25, 0.3) is 0 Å². The first-order chi connectivity index (χ1) is 13.0. The van der Waals surface area contributed by atoms with E-state index in [1.807, 2.05) is 17.8 Å². The third-order valence-corrected chi connectivity index (χ3v) is 7.54. The number of hydrogen-bond acceptors (Lipinski definition) is 5. The summed E-state index contributed by atoms with van der Waals surface area (Å²) in [7, 11) is 1.70. The highest BCUT2D eigenvalue weighted by Crippen LogP contribution is 2.43. The third-order valence-electron chi connectivity index (χ3n) is 4.51. The molecule has 1 aliphatic rings. The van der Waals surface area contributed by atoms with Crippen molar-refractivity contribution in [2.24, 2.45) is 0 Å². The van der Waals surface area contributed by atoms with E-state index >= 15 is 0 Å². The van der Waals surface area contributed by atoms with Crippen LogP contribution < -0.4 is 10.1 Å². The van der Waals surface area contributed by atoms with Crippen molar-refractivity contribution in [1.82, 2.24) is 9.99 Å². The average Bonchev–Trinajstić information content (AvgIpc) is 3.51. The molecule has 1 amide bonds. The minimum Gasteiger partial charge on any atom is -0.354 e. The highest BCUT2D eigenvalue weighted by atomic mass is 127. The monoisotopic (exact) mass is 534 g/mol. The Hall–Kier alpha value is -0.760. The van der Waals surface area contributed by atoms with E-state index in [0.717, 1.165) is 29.3 Å². The molecule has 0 aliphatic heterocycles. The lowest BCUT2D eigenvalue weighted by Crippen LogP contribution is -2.32. The summed E-state index contributed by atoms with van der Waals surface area (Å²) in [4.78, 5) is 16.9. The van der Waals surface area contributed by atoms with Crippen LogP contribution in [0.1, 0.15) is 29.9 Å². The quantitative estimate of drug-likeness (QED) is 0.110. The highest BCUT2D eigenvalue weighted by molar-refractivity contribution is 14.2. The Kier molecular flexibility index (Phi) is 7.11. The summed E-state index contributed by atoms with van der Waals surface area (Å²) in [5.74, 6) is 1.40. The van der Waals surface area contributed by atoms with Gasteiger partial charge in [-0.15, -0.1) is 11.8 Å². The smallest absolute Gasteiger partial charge is 0.228 e. The predicted octanol–water partition coefficient (Wildman–Crippen LogP) is 6.14. The molecule has 0 bridgehead atoms. The Bertz CT molecular complexity index is 852. The van der Waals surface area contributed by atoms with Crippen molar-refractivity contribution in [1.29, 1.82) is 0 Å². The average molecular weight is 535 g/mol. The zero-order valence-electron chi connectivity index (χ0n) is 15.3. The minimum atomic E-state index is 0.315. The molecule has 1 unspecified atom stereocenters. The summed E-state index contributed by atoms with van der Waals surface area (Å²) < 4.78 is 1.81. The predicted molar refractivity (Wildman–Crippen MR) is 126 cm³/mol. The molecule has 0 spiro atoms. The Balaban J connectivity index is 1.96. The number of carbonyl (C=O) groups excluding carboxylic acids is 1. The number of nitrogens with one attached hydrogen (secondary N) is 1. The lowest BCUT2D eigenvalue weighted by atomic mass is 10.1. The first-order valence-corrected chi connectivity index (χ1v) is 14.1. The topological polar surface area (TPSA) is 48.5 Å². The van der Waals surface area contributed by atoms with E-state index in [4.69, 9.17) is 11.6 Å². The van der Waals surface area contributed by atoms with E-state index in [2.05, 4.69) is 56.8 Å². The van der Waals surface area contributed by atoms with E-state index in [-0.39, 0.29) is 0 Å². The number of pyridine rings is 1. The molecule has 2 aromatic rings. The Morgan fingerprint density at radius 3 is 2.70 bits per heavy atom. The molecule has 1 heterocycles. The van der Waals surface area contributed by atoms with Crippen LogP contribution in [0, 0.1) is 6.92 Å². The van der Waals surface area contributed by atoms with Gasteiger partial charge in [-0.25, -0.2) is 9.76 Å². The number of rotatable bonds is 8. The van der Waals surface area contributed by atoms with Gasteiger partial charge in [-0.1, -0.05) is 17.7 Å². The van der Waals surface area contributed by atoms with E-state index in [1.165, 1.54) is 28.3 Å². The first kappa shape index (κ1) is 21.0. The molecule has 0 saturated heterocycles. The summed E-state index contributed by atoms with van der Waals surface area (Å²) in [5, 5.41) is 5.39. The largest absolute Gasteiger partial charge is 0.354 e. The summed E-state index contributed by atoms with van der Waals surface area (Å²) in [6, 6.07) is 8.46. The van der Waals surface area contributed by atoms with Gasteiger partial charge in [0.15, 0.2) is 5.82 Å². The van der Waals surface area contributed by atoms with Crippen LogP contribution in [-0.2, 0) is 4.79 Å². The standard InChI is InChI=1S/C18H21ClIN4OPS/c1-11-15(9-17(19)22-18(11)24(26-20)23(2)10-25)21-14-7-6-13(12-4-5-12)8-16(14)27-3/h6-10,12,26H,4-5H2,1-3H3,(H,21,22). The number of hydrogen-bond donors (Lipinski definition) is 1. The fraction of sp³-hybridized carbons (Fsp3) is 0.333. The van der Waals surface area contributed by atoms with Crippen LogP contribution in [0.4, 0.5) is 17.2 Å². The zero-order valence-corrected chi connectivity index (χ0v) is 20.0. The van der Waals surface area contributed by atoms with Crippen molar-refractivity contribution >= 4 is 75.4 Å². The Labute approximate surface area is 183 Å². The number of amides is 1. The van der Waals surface area contributed by atoms with Crippen LogP contribution in [0.25, 0.3) is 0 Å². The van der Waals surface area contributed by atoms with Crippen LogP contribution in [0.2, 0.25) is 5.15 Å². The number of halogens is 2. The normalized spacial score (nSPS) is 13.8. The number of anilines is 3. The van der Waals surface area contributed by atoms with Crippen LogP contribution in [0.3, 0.4) is 0 Å². The molecule has 1 fully saturated rings. The van der Waals surface area contributed by atoms with Crippen molar-refractivity contribution in [3.8, 4) is 0 Å². The van der Waals surface area contributed by atoms with Crippen molar-refractivity contribution in [3.63, 3.8) is 0 Å². The SMILES string of the molecule is CSc1cc(C2CC2)ccc1Nc1cc(Cl)nc(N(PI)N(C)C=O)c1C. The molecule has 5 nitrogen and oxygen atoms in total. The van der Waals surface area contributed by atoms with Gasteiger partial charge in [-0.2, -0.15) is 0 Å². The first-order valence-electron chi connectivity index (χ1n) is 8.45. The van der Waals surface area contributed by atoms with Crippen LogP contribution in [0.5, 0.6) is 0 Å². The number of aromatic nitrogens is 1. The maximum atomic E-state index is 11.2. The van der Waals surface area contributed by atoms with Gasteiger partial charge in [0.1, 0.15) is 5.15 Å². The highest BCUT2D eigenvalue weighted by Gasteiger charge is 2.24.